The molecule has 1 fully saturated rings. The molecule has 104 valence electrons. The van der Waals surface area contributed by atoms with Crippen LogP contribution >= 0.6 is 22.6 Å². The van der Waals surface area contributed by atoms with Gasteiger partial charge in [0.05, 0.1) is 12.7 Å². The van der Waals surface area contributed by atoms with E-state index < -0.39 is 0 Å². The van der Waals surface area contributed by atoms with E-state index in [0.717, 1.165) is 30.8 Å². The Bertz CT molecular complexity index is 608. The third-order valence-corrected chi connectivity index (χ3v) is 4.07. The molecule has 0 bridgehead atoms. The molecule has 1 saturated heterocycles. The molecule has 20 heavy (non-hydrogen) atoms. The van der Waals surface area contributed by atoms with Crippen LogP contribution in [0.5, 0.6) is 0 Å². The molecule has 2 amide bonds. The highest BCUT2D eigenvalue weighted by molar-refractivity contribution is 14.1. The molecule has 2 aromatic rings. The summed E-state index contributed by atoms with van der Waals surface area (Å²) >= 11 is 2.29. The van der Waals surface area contributed by atoms with Gasteiger partial charge < -0.3 is 10.2 Å². The zero-order valence-electron chi connectivity index (χ0n) is 10.9. The van der Waals surface area contributed by atoms with E-state index in [2.05, 4.69) is 57.3 Å². The van der Waals surface area contributed by atoms with Crippen LogP contribution in [0.4, 0.5) is 4.79 Å². The van der Waals surface area contributed by atoms with E-state index in [9.17, 15) is 4.79 Å². The number of halogens is 1. The zero-order valence-corrected chi connectivity index (χ0v) is 13.1. The van der Waals surface area contributed by atoms with E-state index in [1.54, 1.807) is 0 Å². The van der Waals surface area contributed by atoms with Crippen molar-refractivity contribution in [3.05, 3.63) is 40.2 Å². The molecular formula is C14H15IN4O. The Morgan fingerprint density at radius 2 is 2.00 bits per heavy atom. The Hall–Kier alpha value is -1.57. The van der Waals surface area contributed by atoms with Crippen LogP contribution in [0.15, 0.2) is 36.7 Å². The van der Waals surface area contributed by atoms with Crippen molar-refractivity contribution >= 4 is 28.6 Å². The molecule has 0 atom stereocenters. The Balaban J connectivity index is 1.64. The average Bonchev–Trinajstić information content (AvgIpc) is 3.06. The van der Waals surface area contributed by atoms with Gasteiger partial charge in [-0.15, -0.1) is 0 Å². The maximum atomic E-state index is 11.4. The summed E-state index contributed by atoms with van der Waals surface area (Å²) in [5.74, 6) is 0. The third-order valence-electron chi connectivity index (χ3n) is 3.35. The maximum Gasteiger partial charge on any atom is 0.317 e. The highest BCUT2D eigenvalue weighted by Crippen LogP contribution is 2.19. The second-order valence-electron chi connectivity index (χ2n) is 4.72. The number of nitrogens with one attached hydrogen (secondary N) is 1. The number of rotatable bonds is 4. The number of nitrogens with zero attached hydrogens (tertiary/aromatic N) is 3. The SMILES string of the molecule is O=C1NCCN1CCn1cc(-c2ccc(I)cc2)cn1. The van der Waals surface area contributed by atoms with Crippen molar-refractivity contribution in [1.82, 2.24) is 20.0 Å². The first kappa shape index (κ1) is 13.4. The van der Waals surface area contributed by atoms with Gasteiger partial charge in [0.1, 0.15) is 0 Å². The van der Waals surface area contributed by atoms with E-state index in [-0.39, 0.29) is 6.03 Å². The van der Waals surface area contributed by atoms with Crippen molar-refractivity contribution in [1.29, 1.82) is 0 Å². The standard InChI is InChI=1S/C14H15IN4O/c15-13-3-1-11(2-4-13)12-9-17-19(10-12)8-7-18-6-5-16-14(18)20/h1-4,9-10H,5-8H2,(H,16,20). The van der Waals surface area contributed by atoms with Crippen LogP contribution in [0, 0.1) is 3.57 Å². The van der Waals surface area contributed by atoms with Crippen molar-refractivity contribution in [3.63, 3.8) is 0 Å². The number of hydrogen-bond donors (Lipinski definition) is 1. The first-order valence-corrected chi connectivity index (χ1v) is 7.61. The molecule has 2 heterocycles. The summed E-state index contributed by atoms with van der Waals surface area (Å²) < 4.78 is 3.11. The summed E-state index contributed by atoms with van der Waals surface area (Å²) in [7, 11) is 0. The molecule has 1 N–H and O–H groups in total. The third kappa shape index (κ3) is 2.95. The summed E-state index contributed by atoms with van der Waals surface area (Å²) in [6.45, 7) is 2.94. The summed E-state index contributed by atoms with van der Waals surface area (Å²) in [5, 5.41) is 7.16. The number of hydrogen-bond acceptors (Lipinski definition) is 2. The van der Waals surface area contributed by atoms with Crippen LogP contribution in [0.2, 0.25) is 0 Å². The van der Waals surface area contributed by atoms with Gasteiger partial charge in [0.15, 0.2) is 0 Å². The van der Waals surface area contributed by atoms with Gasteiger partial charge in [0, 0.05) is 35.0 Å². The van der Waals surface area contributed by atoms with Gasteiger partial charge in [0.25, 0.3) is 0 Å². The van der Waals surface area contributed by atoms with Crippen molar-refractivity contribution in [2.75, 3.05) is 19.6 Å². The van der Waals surface area contributed by atoms with Gasteiger partial charge >= 0.3 is 6.03 Å². The van der Waals surface area contributed by atoms with Gasteiger partial charge in [-0.05, 0) is 40.3 Å². The van der Waals surface area contributed by atoms with Crippen LogP contribution in [0.1, 0.15) is 0 Å². The monoisotopic (exact) mass is 382 g/mol. The fraction of sp³-hybridized carbons (Fsp3) is 0.286. The van der Waals surface area contributed by atoms with Crippen molar-refractivity contribution < 1.29 is 4.79 Å². The second kappa shape index (κ2) is 5.82. The minimum atomic E-state index is 0.0232. The summed E-state index contributed by atoms with van der Waals surface area (Å²) in [4.78, 5) is 13.3. The number of carbonyl (C=O) groups excluding carboxylic acids is 1. The van der Waals surface area contributed by atoms with E-state index >= 15 is 0 Å². The van der Waals surface area contributed by atoms with E-state index in [0.29, 0.717) is 6.54 Å². The highest BCUT2D eigenvalue weighted by Gasteiger charge is 2.18. The predicted octanol–water partition coefficient (Wildman–Crippen LogP) is 2.18. The van der Waals surface area contributed by atoms with E-state index in [1.807, 2.05) is 22.0 Å². The van der Waals surface area contributed by atoms with Gasteiger partial charge in [-0.3, -0.25) is 4.68 Å². The first-order valence-electron chi connectivity index (χ1n) is 6.53. The lowest BCUT2D eigenvalue weighted by molar-refractivity contribution is 0.215. The van der Waals surface area contributed by atoms with Gasteiger partial charge in [-0.2, -0.15) is 5.10 Å². The Morgan fingerprint density at radius 1 is 1.20 bits per heavy atom. The Labute approximate surface area is 131 Å². The van der Waals surface area contributed by atoms with Gasteiger partial charge in [-0.25, -0.2) is 4.79 Å². The molecule has 3 rings (SSSR count). The minimum absolute atomic E-state index is 0.0232. The van der Waals surface area contributed by atoms with Crippen molar-refractivity contribution in [2.24, 2.45) is 0 Å². The lowest BCUT2D eigenvalue weighted by Crippen LogP contribution is -2.31. The molecule has 0 spiro atoms. The van der Waals surface area contributed by atoms with E-state index in [1.165, 1.54) is 3.57 Å². The Kier molecular flexibility index (Phi) is 3.90. The largest absolute Gasteiger partial charge is 0.336 e. The van der Waals surface area contributed by atoms with Gasteiger partial charge in [-0.1, -0.05) is 12.1 Å². The molecule has 0 saturated carbocycles. The lowest BCUT2D eigenvalue weighted by Gasteiger charge is -2.13. The molecule has 1 aliphatic rings. The van der Waals surface area contributed by atoms with Crippen LogP contribution in [-0.4, -0.2) is 40.3 Å². The lowest BCUT2D eigenvalue weighted by atomic mass is 10.1. The molecule has 5 nitrogen and oxygen atoms in total. The zero-order chi connectivity index (χ0) is 13.9. The first-order chi connectivity index (χ1) is 9.72. The molecule has 1 aromatic heterocycles. The second-order valence-corrected chi connectivity index (χ2v) is 5.96. The predicted molar refractivity (Wildman–Crippen MR) is 85.4 cm³/mol. The molecule has 1 aromatic carbocycles. The number of urea groups is 1. The molecular weight excluding hydrogens is 367 g/mol. The molecule has 0 unspecified atom stereocenters. The maximum absolute atomic E-state index is 11.4. The van der Waals surface area contributed by atoms with Crippen LogP contribution < -0.4 is 5.32 Å². The van der Waals surface area contributed by atoms with Gasteiger partial charge in [0.2, 0.25) is 0 Å². The highest BCUT2D eigenvalue weighted by atomic mass is 127. The fourth-order valence-electron chi connectivity index (χ4n) is 2.22. The number of amides is 2. The summed E-state index contributed by atoms with van der Waals surface area (Å²) in [6, 6.07) is 8.38. The summed E-state index contributed by atoms with van der Waals surface area (Å²) in [5.41, 5.74) is 2.27. The molecule has 1 aliphatic heterocycles. The Morgan fingerprint density at radius 3 is 2.70 bits per heavy atom. The smallest absolute Gasteiger partial charge is 0.317 e. The van der Waals surface area contributed by atoms with Crippen LogP contribution in [0.3, 0.4) is 0 Å². The minimum Gasteiger partial charge on any atom is -0.336 e. The normalized spacial score (nSPS) is 14.7. The number of carbonyl (C=O) groups is 1. The molecule has 6 heteroatoms. The number of benzene rings is 1. The average molecular weight is 382 g/mol. The molecule has 0 aliphatic carbocycles. The fourth-order valence-corrected chi connectivity index (χ4v) is 2.58. The van der Waals surface area contributed by atoms with Crippen molar-refractivity contribution in [3.8, 4) is 11.1 Å². The van der Waals surface area contributed by atoms with Crippen LogP contribution in [0.25, 0.3) is 11.1 Å². The number of aromatic nitrogens is 2. The quantitative estimate of drug-likeness (QED) is 0.825. The summed E-state index contributed by atoms with van der Waals surface area (Å²) in [6.07, 6.45) is 3.89. The topological polar surface area (TPSA) is 50.2 Å². The molecule has 0 radical (unpaired) electrons. The van der Waals surface area contributed by atoms with Crippen molar-refractivity contribution in [2.45, 2.75) is 6.54 Å². The van der Waals surface area contributed by atoms with E-state index in [4.69, 9.17) is 0 Å². The van der Waals surface area contributed by atoms with Crippen LogP contribution in [-0.2, 0) is 6.54 Å².